The van der Waals surface area contributed by atoms with Crippen LogP contribution in [0.4, 0.5) is 5.69 Å². The van der Waals surface area contributed by atoms with Crippen LogP contribution in [-0.4, -0.2) is 36.5 Å². The second-order valence-electron chi connectivity index (χ2n) is 5.54. The topological polar surface area (TPSA) is 72.6 Å². The summed E-state index contributed by atoms with van der Waals surface area (Å²) >= 11 is 0. The summed E-state index contributed by atoms with van der Waals surface area (Å²) < 4.78 is 5.13. The monoisotopic (exact) mass is 290 g/mol. The number of hydrogen-bond donors (Lipinski definition) is 1. The summed E-state index contributed by atoms with van der Waals surface area (Å²) in [5, 5.41) is 0. The number of amides is 1. The number of rotatable bonds is 3. The van der Waals surface area contributed by atoms with Gasteiger partial charge < -0.3 is 15.4 Å². The number of esters is 1. The lowest BCUT2D eigenvalue weighted by Crippen LogP contribution is -2.38. The number of nitrogen functional groups attached to an aromatic ring is 1. The molecule has 0 aromatic heterocycles. The second kappa shape index (κ2) is 6.61. The Labute approximate surface area is 125 Å². The second-order valence-corrected chi connectivity index (χ2v) is 5.54. The molecule has 0 radical (unpaired) electrons. The van der Waals surface area contributed by atoms with Gasteiger partial charge in [0, 0.05) is 18.8 Å². The maximum absolute atomic E-state index is 12.1. The zero-order valence-corrected chi connectivity index (χ0v) is 12.6. The molecule has 2 N–H and O–H groups in total. The van der Waals surface area contributed by atoms with Gasteiger partial charge in [-0.15, -0.1) is 0 Å². The molecule has 1 aliphatic heterocycles. The summed E-state index contributed by atoms with van der Waals surface area (Å²) in [4.78, 5) is 25.8. The maximum Gasteiger partial charge on any atom is 0.338 e. The minimum absolute atomic E-state index is 0.124. The number of piperidine rings is 1. The Kier molecular flexibility index (Phi) is 4.83. The molecule has 1 heterocycles. The molecule has 0 aliphatic carbocycles. The van der Waals surface area contributed by atoms with Crippen LogP contribution in [0.5, 0.6) is 0 Å². The van der Waals surface area contributed by atoms with Crippen LogP contribution >= 0.6 is 0 Å². The first kappa shape index (κ1) is 15.4. The van der Waals surface area contributed by atoms with E-state index in [1.165, 1.54) is 0 Å². The number of hydrogen-bond acceptors (Lipinski definition) is 4. The summed E-state index contributed by atoms with van der Waals surface area (Å²) in [7, 11) is 0. The standard InChI is InChI=1S/C16H22N2O3/c1-11-8-12(2)14(17)9-13(11)16(20)21-10-15(19)18-6-4-3-5-7-18/h8-9H,3-7,10,17H2,1-2H3. The third-order valence-corrected chi connectivity index (χ3v) is 3.87. The van der Waals surface area contributed by atoms with Crippen LogP contribution in [-0.2, 0) is 9.53 Å². The van der Waals surface area contributed by atoms with Crippen molar-refractivity contribution in [2.45, 2.75) is 33.1 Å². The predicted octanol–water partition coefficient (Wildman–Crippen LogP) is 2.05. The van der Waals surface area contributed by atoms with Crippen molar-refractivity contribution in [3.8, 4) is 0 Å². The largest absolute Gasteiger partial charge is 0.452 e. The highest BCUT2D eigenvalue weighted by Gasteiger charge is 2.19. The third-order valence-electron chi connectivity index (χ3n) is 3.87. The molecule has 0 bridgehead atoms. The van der Waals surface area contributed by atoms with Gasteiger partial charge in [0.05, 0.1) is 5.56 Å². The highest BCUT2D eigenvalue weighted by Crippen LogP contribution is 2.18. The van der Waals surface area contributed by atoms with Crippen LogP contribution in [0.1, 0.15) is 40.7 Å². The Bertz CT molecular complexity index is 549. The van der Waals surface area contributed by atoms with E-state index in [2.05, 4.69) is 0 Å². The molecule has 1 saturated heterocycles. The molecule has 0 spiro atoms. The average molecular weight is 290 g/mol. The van der Waals surface area contributed by atoms with Gasteiger partial charge in [-0.1, -0.05) is 6.07 Å². The molecule has 1 amide bonds. The van der Waals surface area contributed by atoms with Crippen molar-refractivity contribution < 1.29 is 14.3 Å². The van der Waals surface area contributed by atoms with E-state index < -0.39 is 5.97 Å². The predicted molar refractivity (Wildman–Crippen MR) is 81.0 cm³/mol. The lowest BCUT2D eigenvalue weighted by atomic mass is 10.0. The molecule has 0 saturated carbocycles. The molecule has 1 aromatic rings. The van der Waals surface area contributed by atoms with Crippen LogP contribution in [0.15, 0.2) is 12.1 Å². The summed E-state index contributed by atoms with van der Waals surface area (Å²) in [6.45, 7) is 5.03. The molecular formula is C16H22N2O3. The Morgan fingerprint density at radius 3 is 2.48 bits per heavy atom. The van der Waals surface area contributed by atoms with Gasteiger partial charge in [-0.2, -0.15) is 0 Å². The van der Waals surface area contributed by atoms with E-state index in [9.17, 15) is 9.59 Å². The number of benzene rings is 1. The number of nitrogens with two attached hydrogens (primary N) is 1. The molecule has 0 unspecified atom stereocenters. The van der Waals surface area contributed by atoms with Crippen molar-refractivity contribution >= 4 is 17.6 Å². The molecule has 21 heavy (non-hydrogen) atoms. The van der Waals surface area contributed by atoms with Crippen LogP contribution in [0.2, 0.25) is 0 Å². The fourth-order valence-corrected chi connectivity index (χ4v) is 2.53. The summed E-state index contributed by atoms with van der Waals surface area (Å²) in [5.41, 5.74) is 8.52. The molecule has 5 nitrogen and oxygen atoms in total. The molecule has 1 aliphatic rings. The van der Waals surface area contributed by atoms with Gasteiger partial charge in [0.2, 0.25) is 0 Å². The number of anilines is 1. The minimum atomic E-state index is -0.496. The van der Waals surface area contributed by atoms with E-state index in [-0.39, 0.29) is 12.5 Å². The van der Waals surface area contributed by atoms with Gasteiger partial charge in [-0.05, 0) is 50.3 Å². The Hall–Kier alpha value is -2.04. The van der Waals surface area contributed by atoms with Crippen molar-refractivity contribution in [1.82, 2.24) is 4.90 Å². The number of aryl methyl sites for hydroxylation is 2. The molecule has 1 fully saturated rings. The number of carbonyl (C=O) groups excluding carboxylic acids is 2. The van der Waals surface area contributed by atoms with Crippen LogP contribution in [0.3, 0.4) is 0 Å². The first-order valence-electron chi connectivity index (χ1n) is 7.30. The number of nitrogens with zero attached hydrogens (tertiary/aromatic N) is 1. The first-order valence-corrected chi connectivity index (χ1v) is 7.30. The quantitative estimate of drug-likeness (QED) is 0.683. The lowest BCUT2D eigenvalue weighted by Gasteiger charge is -2.26. The van der Waals surface area contributed by atoms with E-state index in [4.69, 9.17) is 10.5 Å². The van der Waals surface area contributed by atoms with Crippen LogP contribution in [0, 0.1) is 13.8 Å². The molecule has 5 heteroatoms. The van der Waals surface area contributed by atoms with E-state index >= 15 is 0 Å². The van der Waals surface area contributed by atoms with Gasteiger partial charge in [-0.25, -0.2) is 4.79 Å². The minimum Gasteiger partial charge on any atom is -0.452 e. The highest BCUT2D eigenvalue weighted by atomic mass is 16.5. The Balaban J connectivity index is 1.95. The van der Waals surface area contributed by atoms with Gasteiger partial charge >= 0.3 is 5.97 Å². The Morgan fingerprint density at radius 1 is 1.14 bits per heavy atom. The molecule has 114 valence electrons. The van der Waals surface area contributed by atoms with Crippen LogP contribution in [0.25, 0.3) is 0 Å². The number of likely N-dealkylation sites (tertiary alicyclic amines) is 1. The maximum atomic E-state index is 12.1. The van der Waals surface area contributed by atoms with Crippen molar-refractivity contribution in [2.75, 3.05) is 25.4 Å². The third kappa shape index (κ3) is 3.74. The fraction of sp³-hybridized carbons (Fsp3) is 0.500. The van der Waals surface area contributed by atoms with Gasteiger partial charge in [-0.3, -0.25) is 4.79 Å². The van der Waals surface area contributed by atoms with Crippen LogP contribution < -0.4 is 5.73 Å². The van der Waals surface area contributed by atoms with Gasteiger partial charge in [0.15, 0.2) is 6.61 Å². The zero-order valence-electron chi connectivity index (χ0n) is 12.6. The normalized spacial score (nSPS) is 14.9. The van der Waals surface area contributed by atoms with Gasteiger partial charge in [0.1, 0.15) is 0 Å². The van der Waals surface area contributed by atoms with Crippen molar-refractivity contribution in [2.24, 2.45) is 0 Å². The number of ether oxygens (including phenoxy) is 1. The summed E-state index contributed by atoms with van der Waals surface area (Å²) in [6, 6.07) is 3.46. The van der Waals surface area contributed by atoms with Gasteiger partial charge in [0.25, 0.3) is 5.91 Å². The van der Waals surface area contributed by atoms with E-state index in [1.54, 1.807) is 11.0 Å². The first-order chi connectivity index (χ1) is 9.99. The zero-order chi connectivity index (χ0) is 15.4. The molecule has 2 rings (SSSR count). The SMILES string of the molecule is Cc1cc(C)c(C(=O)OCC(=O)N2CCCCC2)cc1N. The van der Waals surface area contributed by atoms with E-state index in [0.29, 0.717) is 11.3 Å². The van der Waals surface area contributed by atoms with E-state index in [0.717, 1.165) is 43.5 Å². The average Bonchev–Trinajstić information content (AvgIpc) is 2.49. The number of carbonyl (C=O) groups is 2. The van der Waals surface area contributed by atoms with Crippen molar-refractivity contribution in [3.63, 3.8) is 0 Å². The molecule has 1 aromatic carbocycles. The summed E-state index contributed by atoms with van der Waals surface area (Å²) in [6.07, 6.45) is 3.20. The Morgan fingerprint density at radius 2 is 1.81 bits per heavy atom. The highest BCUT2D eigenvalue weighted by molar-refractivity contribution is 5.93. The lowest BCUT2D eigenvalue weighted by molar-refractivity contribution is -0.135. The smallest absolute Gasteiger partial charge is 0.338 e. The van der Waals surface area contributed by atoms with Crippen molar-refractivity contribution in [3.05, 3.63) is 28.8 Å². The molecular weight excluding hydrogens is 268 g/mol. The van der Waals surface area contributed by atoms with Crippen molar-refractivity contribution in [1.29, 1.82) is 0 Å². The summed E-state index contributed by atoms with van der Waals surface area (Å²) in [5.74, 6) is -0.620. The fourth-order valence-electron chi connectivity index (χ4n) is 2.53. The van der Waals surface area contributed by atoms with E-state index in [1.807, 2.05) is 19.9 Å². The molecule has 0 atom stereocenters.